The van der Waals surface area contributed by atoms with E-state index in [4.69, 9.17) is 0 Å². The molecule has 1 atom stereocenters. The Morgan fingerprint density at radius 2 is 2.00 bits per heavy atom. The van der Waals surface area contributed by atoms with Gasteiger partial charge >= 0.3 is 0 Å². The first kappa shape index (κ1) is 16.9. The van der Waals surface area contributed by atoms with Gasteiger partial charge in [0.15, 0.2) is 0 Å². The lowest BCUT2D eigenvalue weighted by atomic mass is 9.96. The van der Waals surface area contributed by atoms with E-state index in [1.165, 1.54) is 6.42 Å². The molecule has 5 heteroatoms. The molecular weight excluding hydrogens is 276 g/mol. The van der Waals surface area contributed by atoms with Crippen molar-refractivity contribution in [3.05, 3.63) is 18.2 Å². The zero-order valence-corrected chi connectivity index (χ0v) is 14.2. The van der Waals surface area contributed by atoms with E-state index < -0.39 is 0 Å². The van der Waals surface area contributed by atoms with Crippen LogP contribution >= 0.6 is 0 Å². The molecule has 0 aliphatic carbocycles. The molecule has 0 unspecified atom stereocenters. The highest BCUT2D eigenvalue weighted by Crippen LogP contribution is 2.20. The number of carbonyl (C=O) groups is 1. The average Bonchev–Trinajstić information content (AvgIpc) is 2.47. The van der Waals surface area contributed by atoms with Gasteiger partial charge in [0.1, 0.15) is 5.82 Å². The molecule has 1 N–H and O–H groups in total. The lowest BCUT2D eigenvalue weighted by molar-refractivity contribution is -0.122. The largest absolute Gasteiger partial charge is 0.322 e. The highest BCUT2D eigenvalue weighted by atomic mass is 16.2. The Labute approximate surface area is 133 Å². The number of likely N-dealkylation sites (tertiary alicyclic amines) is 1. The van der Waals surface area contributed by atoms with E-state index in [0.717, 1.165) is 38.2 Å². The SMILES string of the molecule is CCCN1CCCC[C@H]1C(=O)Nc1cnc(C(C)(C)C)nc1. The van der Waals surface area contributed by atoms with Gasteiger partial charge in [0.2, 0.25) is 5.91 Å². The van der Waals surface area contributed by atoms with Crippen molar-refractivity contribution in [1.29, 1.82) is 0 Å². The smallest absolute Gasteiger partial charge is 0.241 e. The second kappa shape index (κ2) is 7.18. The maximum absolute atomic E-state index is 12.5. The van der Waals surface area contributed by atoms with Crippen LogP contribution in [0.5, 0.6) is 0 Å². The number of amides is 1. The van der Waals surface area contributed by atoms with Crippen LogP contribution in [0.1, 0.15) is 59.2 Å². The quantitative estimate of drug-likeness (QED) is 0.929. The molecule has 0 spiro atoms. The van der Waals surface area contributed by atoms with Crippen LogP contribution in [0.2, 0.25) is 0 Å². The second-order valence-electron chi connectivity index (χ2n) is 7.08. The first-order valence-corrected chi connectivity index (χ1v) is 8.29. The molecule has 0 radical (unpaired) electrons. The van der Waals surface area contributed by atoms with Crippen LogP contribution in [0.25, 0.3) is 0 Å². The van der Waals surface area contributed by atoms with Crippen LogP contribution in [0.15, 0.2) is 12.4 Å². The van der Waals surface area contributed by atoms with Crippen LogP contribution in [0.4, 0.5) is 5.69 Å². The number of nitrogens with one attached hydrogen (secondary N) is 1. The number of rotatable bonds is 4. The van der Waals surface area contributed by atoms with Crippen LogP contribution in [0.3, 0.4) is 0 Å². The van der Waals surface area contributed by atoms with E-state index >= 15 is 0 Å². The lowest BCUT2D eigenvalue weighted by Crippen LogP contribution is -2.47. The molecule has 0 saturated carbocycles. The fourth-order valence-electron chi connectivity index (χ4n) is 2.85. The van der Waals surface area contributed by atoms with E-state index in [2.05, 4.69) is 47.9 Å². The van der Waals surface area contributed by atoms with E-state index in [1.54, 1.807) is 12.4 Å². The zero-order valence-electron chi connectivity index (χ0n) is 14.2. The molecule has 2 rings (SSSR count). The molecule has 5 nitrogen and oxygen atoms in total. The average molecular weight is 304 g/mol. The Hall–Kier alpha value is -1.49. The van der Waals surface area contributed by atoms with Gasteiger partial charge in [-0.15, -0.1) is 0 Å². The molecular formula is C17H28N4O. The first-order chi connectivity index (χ1) is 10.4. The molecule has 1 fully saturated rings. The number of hydrogen-bond acceptors (Lipinski definition) is 4. The Morgan fingerprint density at radius 1 is 1.32 bits per heavy atom. The number of anilines is 1. The molecule has 1 aliphatic heterocycles. The van der Waals surface area contributed by atoms with E-state index in [9.17, 15) is 4.79 Å². The highest BCUT2D eigenvalue weighted by molar-refractivity contribution is 5.94. The van der Waals surface area contributed by atoms with Crippen LogP contribution in [-0.4, -0.2) is 39.9 Å². The van der Waals surface area contributed by atoms with Crippen molar-refractivity contribution < 1.29 is 4.79 Å². The highest BCUT2D eigenvalue weighted by Gasteiger charge is 2.28. The predicted octanol–water partition coefficient (Wildman–Crippen LogP) is 2.98. The Balaban J connectivity index is 2.01. The molecule has 2 heterocycles. The first-order valence-electron chi connectivity index (χ1n) is 8.29. The standard InChI is InChI=1S/C17H28N4O/c1-5-9-21-10-7-6-8-14(21)15(22)20-13-11-18-16(19-12-13)17(2,3)4/h11-12,14H,5-10H2,1-4H3,(H,20,22)/t14-/m0/s1. The van der Waals surface area contributed by atoms with Crippen molar-refractivity contribution in [2.45, 2.75) is 64.8 Å². The Morgan fingerprint density at radius 3 is 2.59 bits per heavy atom. The number of nitrogens with zero attached hydrogens (tertiary/aromatic N) is 3. The summed E-state index contributed by atoms with van der Waals surface area (Å²) in [7, 11) is 0. The topological polar surface area (TPSA) is 58.1 Å². The summed E-state index contributed by atoms with van der Waals surface area (Å²) in [6.07, 6.45) is 7.74. The molecule has 1 aromatic heterocycles. The van der Waals surface area contributed by atoms with Gasteiger partial charge in [0, 0.05) is 5.41 Å². The molecule has 1 amide bonds. The van der Waals surface area contributed by atoms with Crippen LogP contribution < -0.4 is 5.32 Å². The molecule has 0 aromatic carbocycles. The lowest BCUT2D eigenvalue weighted by Gasteiger charge is -2.34. The van der Waals surface area contributed by atoms with Gasteiger partial charge in [-0.3, -0.25) is 9.69 Å². The van der Waals surface area contributed by atoms with E-state index in [1.807, 2.05) is 0 Å². The normalized spacial score (nSPS) is 19.9. The summed E-state index contributed by atoms with van der Waals surface area (Å²) in [4.78, 5) is 23.5. The van der Waals surface area contributed by atoms with Crippen molar-refractivity contribution in [2.24, 2.45) is 0 Å². The number of aromatic nitrogens is 2. The summed E-state index contributed by atoms with van der Waals surface area (Å²) in [6.45, 7) is 10.4. The summed E-state index contributed by atoms with van der Waals surface area (Å²) in [5, 5.41) is 2.97. The third-order valence-corrected chi connectivity index (χ3v) is 4.02. The van der Waals surface area contributed by atoms with Gasteiger partial charge in [0.25, 0.3) is 0 Å². The summed E-state index contributed by atoms with van der Waals surface area (Å²) in [5.41, 5.74) is 0.601. The molecule has 122 valence electrons. The van der Waals surface area contributed by atoms with Crippen LogP contribution in [-0.2, 0) is 10.2 Å². The third-order valence-electron chi connectivity index (χ3n) is 4.02. The van der Waals surface area contributed by atoms with Gasteiger partial charge in [-0.05, 0) is 32.4 Å². The minimum atomic E-state index is -0.0795. The summed E-state index contributed by atoms with van der Waals surface area (Å²) in [6, 6.07) is -0.0176. The van der Waals surface area contributed by atoms with Crippen molar-refractivity contribution in [3.8, 4) is 0 Å². The Kier molecular flexibility index (Phi) is 5.51. The maximum Gasteiger partial charge on any atom is 0.241 e. The number of carbonyl (C=O) groups excluding carboxylic acids is 1. The van der Waals surface area contributed by atoms with E-state index in [0.29, 0.717) is 5.69 Å². The molecule has 0 bridgehead atoms. The Bertz CT molecular complexity index is 490. The summed E-state index contributed by atoms with van der Waals surface area (Å²) < 4.78 is 0. The zero-order chi connectivity index (χ0) is 16.2. The van der Waals surface area contributed by atoms with Crippen molar-refractivity contribution >= 4 is 11.6 Å². The fraction of sp³-hybridized carbons (Fsp3) is 0.706. The molecule has 1 aliphatic rings. The fourth-order valence-corrected chi connectivity index (χ4v) is 2.85. The van der Waals surface area contributed by atoms with Crippen LogP contribution in [0, 0.1) is 0 Å². The third kappa shape index (κ3) is 4.26. The van der Waals surface area contributed by atoms with Gasteiger partial charge < -0.3 is 5.32 Å². The minimum absolute atomic E-state index is 0.0176. The van der Waals surface area contributed by atoms with Gasteiger partial charge in [-0.2, -0.15) is 0 Å². The van der Waals surface area contributed by atoms with Gasteiger partial charge in [-0.25, -0.2) is 9.97 Å². The maximum atomic E-state index is 12.5. The summed E-state index contributed by atoms with van der Waals surface area (Å²) in [5.74, 6) is 0.857. The van der Waals surface area contributed by atoms with Crippen molar-refractivity contribution in [1.82, 2.24) is 14.9 Å². The van der Waals surface area contributed by atoms with E-state index in [-0.39, 0.29) is 17.4 Å². The van der Waals surface area contributed by atoms with Crippen molar-refractivity contribution in [3.63, 3.8) is 0 Å². The molecule has 1 aromatic rings. The molecule has 22 heavy (non-hydrogen) atoms. The number of piperidine rings is 1. The summed E-state index contributed by atoms with van der Waals surface area (Å²) >= 11 is 0. The van der Waals surface area contributed by atoms with Gasteiger partial charge in [0.05, 0.1) is 24.1 Å². The second-order valence-corrected chi connectivity index (χ2v) is 7.08. The minimum Gasteiger partial charge on any atom is -0.322 e. The number of hydrogen-bond donors (Lipinski definition) is 1. The van der Waals surface area contributed by atoms with Crippen molar-refractivity contribution in [2.75, 3.05) is 18.4 Å². The monoisotopic (exact) mass is 304 g/mol. The predicted molar refractivity (Wildman–Crippen MR) is 88.9 cm³/mol. The van der Waals surface area contributed by atoms with Gasteiger partial charge in [-0.1, -0.05) is 34.1 Å². The molecule has 1 saturated heterocycles.